The van der Waals surface area contributed by atoms with E-state index in [1.807, 2.05) is 37.3 Å². The van der Waals surface area contributed by atoms with E-state index >= 15 is 0 Å². The van der Waals surface area contributed by atoms with Crippen LogP contribution in [0.1, 0.15) is 19.6 Å². The van der Waals surface area contributed by atoms with Gasteiger partial charge in [-0.25, -0.2) is 0 Å². The predicted octanol–water partition coefficient (Wildman–Crippen LogP) is 3.73. The molecule has 108 valence electrons. The summed E-state index contributed by atoms with van der Waals surface area (Å²) in [5, 5.41) is 3.43. The normalized spacial score (nSPS) is 11.9. The second-order valence-electron chi connectivity index (χ2n) is 4.63. The third kappa shape index (κ3) is 3.70. The summed E-state index contributed by atoms with van der Waals surface area (Å²) in [4.78, 5) is 0. The largest absolute Gasteiger partial charge is 0.493 e. The van der Waals surface area contributed by atoms with Crippen LogP contribution in [0, 0.1) is 0 Å². The molecule has 0 saturated carbocycles. The van der Waals surface area contributed by atoms with Crippen LogP contribution in [0.25, 0.3) is 0 Å². The Bertz CT molecular complexity index is 523. The van der Waals surface area contributed by atoms with E-state index in [-0.39, 0.29) is 6.04 Å². The van der Waals surface area contributed by atoms with Gasteiger partial charge in [0.1, 0.15) is 5.76 Å². The summed E-state index contributed by atoms with van der Waals surface area (Å²) in [6, 6.07) is 10.0. The Morgan fingerprint density at radius 2 is 2.10 bits per heavy atom. The Kier molecular flexibility index (Phi) is 4.93. The molecule has 0 bridgehead atoms. The molecule has 0 aliphatic heterocycles. The standard InChI is InChI=1S/C16H21NO3/c1-4-19-15-8-7-13(11-16(15)18-3)17-12(2)10-14-6-5-9-20-14/h5-9,11-12,17H,4,10H2,1-3H3. The van der Waals surface area contributed by atoms with Crippen LogP contribution in [0.3, 0.4) is 0 Å². The van der Waals surface area contributed by atoms with Gasteiger partial charge in [-0.3, -0.25) is 0 Å². The fourth-order valence-corrected chi connectivity index (χ4v) is 2.10. The Hall–Kier alpha value is -2.10. The van der Waals surface area contributed by atoms with Gasteiger partial charge in [0.25, 0.3) is 0 Å². The lowest BCUT2D eigenvalue weighted by atomic mass is 10.2. The minimum absolute atomic E-state index is 0.267. The summed E-state index contributed by atoms with van der Waals surface area (Å²) in [6.45, 7) is 4.69. The molecular formula is C16H21NO3. The Labute approximate surface area is 119 Å². The molecule has 4 heteroatoms. The van der Waals surface area contributed by atoms with Crippen LogP contribution in [-0.4, -0.2) is 19.8 Å². The first-order chi connectivity index (χ1) is 9.72. The van der Waals surface area contributed by atoms with E-state index in [9.17, 15) is 0 Å². The summed E-state index contributed by atoms with van der Waals surface area (Å²) in [5.74, 6) is 2.48. The quantitative estimate of drug-likeness (QED) is 0.836. The van der Waals surface area contributed by atoms with Crippen molar-refractivity contribution >= 4 is 5.69 Å². The lowest BCUT2D eigenvalue weighted by Crippen LogP contribution is -2.17. The molecule has 1 N–H and O–H groups in total. The number of hydrogen-bond donors (Lipinski definition) is 1. The SMILES string of the molecule is CCOc1ccc(NC(C)Cc2ccco2)cc1OC. The van der Waals surface area contributed by atoms with Gasteiger partial charge in [0.05, 0.1) is 20.0 Å². The fraction of sp³-hybridized carbons (Fsp3) is 0.375. The zero-order valence-corrected chi connectivity index (χ0v) is 12.2. The number of ether oxygens (including phenoxy) is 2. The van der Waals surface area contributed by atoms with E-state index in [2.05, 4.69) is 12.2 Å². The van der Waals surface area contributed by atoms with Gasteiger partial charge in [0.15, 0.2) is 11.5 Å². The summed E-state index contributed by atoms with van der Waals surface area (Å²) in [7, 11) is 1.65. The lowest BCUT2D eigenvalue weighted by molar-refractivity contribution is 0.311. The molecule has 1 unspecified atom stereocenters. The van der Waals surface area contributed by atoms with E-state index in [1.165, 1.54) is 0 Å². The maximum absolute atomic E-state index is 5.51. The second kappa shape index (κ2) is 6.89. The molecule has 2 aromatic rings. The van der Waals surface area contributed by atoms with Gasteiger partial charge in [-0.1, -0.05) is 0 Å². The van der Waals surface area contributed by atoms with Crippen molar-refractivity contribution in [2.75, 3.05) is 19.0 Å². The van der Waals surface area contributed by atoms with E-state index in [0.29, 0.717) is 6.61 Å². The van der Waals surface area contributed by atoms with Crippen molar-refractivity contribution in [2.45, 2.75) is 26.3 Å². The van der Waals surface area contributed by atoms with Crippen molar-refractivity contribution in [3.63, 3.8) is 0 Å². The van der Waals surface area contributed by atoms with E-state index in [1.54, 1.807) is 13.4 Å². The van der Waals surface area contributed by atoms with Crippen LogP contribution in [0.5, 0.6) is 11.5 Å². The molecule has 2 rings (SSSR count). The van der Waals surface area contributed by atoms with Crippen molar-refractivity contribution in [3.05, 3.63) is 42.4 Å². The first-order valence-corrected chi connectivity index (χ1v) is 6.82. The van der Waals surface area contributed by atoms with Crippen LogP contribution in [-0.2, 0) is 6.42 Å². The highest BCUT2D eigenvalue weighted by molar-refractivity contribution is 5.55. The highest BCUT2D eigenvalue weighted by atomic mass is 16.5. The van der Waals surface area contributed by atoms with E-state index in [4.69, 9.17) is 13.9 Å². The number of anilines is 1. The number of nitrogens with one attached hydrogen (secondary N) is 1. The third-order valence-corrected chi connectivity index (χ3v) is 2.96. The molecule has 0 radical (unpaired) electrons. The fourth-order valence-electron chi connectivity index (χ4n) is 2.10. The van der Waals surface area contributed by atoms with Gasteiger partial charge in [-0.05, 0) is 38.1 Å². The van der Waals surface area contributed by atoms with Crippen LogP contribution < -0.4 is 14.8 Å². The highest BCUT2D eigenvalue weighted by Crippen LogP contribution is 2.30. The summed E-state index contributed by atoms with van der Waals surface area (Å²) in [6.07, 6.45) is 2.53. The maximum Gasteiger partial charge on any atom is 0.162 e. The zero-order chi connectivity index (χ0) is 14.4. The third-order valence-electron chi connectivity index (χ3n) is 2.96. The van der Waals surface area contributed by atoms with Crippen molar-refractivity contribution < 1.29 is 13.9 Å². The first kappa shape index (κ1) is 14.3. The topological polar surface area (TPSA) is 43.6 Å². The summed E-state index contributed by atoms with van der Waals surface area (Å²) < 4.78 is 16.2. The molecule has 0 fully saturated rings. The molecule has 20 heavy (non-hydrogen) atoms. The molecule has 1 atom stereocenters. The van der Waals surface area contributed by atoms with E-state index in [0.717, 1.165) is 29.4 Å². The van der Waals surface area contributed by atoms with Crippen LogP contribution in [0.4, 0.5) is 5.69 Å². The molecule has 4 nitrogen and oxygen atoms in total. The van der Waals surface area contributed by atoms with Gasteiger partial charge >= 0.3 is 0 Å². The zero-order valence-electron chi connectivity index (χ0n) is 12.2. The van der Waals surface area contributed by atoms with E-state index < -0.39 is 0 Å². The number of furan rings is 1. The molecule has 0 aliphatic rings. The molecule has 0 aliphatic carbocycles. The number of hydrogen-bond acceptors (Lipinski definition) is 4. The van der Waals surface area contributed by atoms with Gasteiger partial charge in [-0.15, -0.1) is 0 Å². The van der Waals surface area contributed by atoms with Crippen molar-refractivity contribution in [2.24, 2.45) is 0 Å². The van der Waals surface area contributed by atoms with Gasteiger partial charge < -0.3 is 19.2 Å². The molecule has 1 heterocycles. The smallest absolute Gasteiger partial charge is 0.162 e. The van der Waals surface area contributed by atoms with Crippen molar-refractivity contribution in [1.82, 2.24) is 0 Å². The number of benzene rings is 1. The molecule has 0 saturated heterocycles. The van der Waals surface area contributed by atoms with Gasteiger partial charge in [0, 0.05) is 24.2 Å². The summed E-state index contributed by atoms with van der Waals surface area (Å²) in [5.41, 5.74) is 1.00. The molecule has 1 aromatic heterocycles. The van der Waals surface area contributed by atoms with Crippen LogP contribution in [0.15, 0.2) is 41.0 Å². The highest BCUT2D eigenvalue weighted by Gasteiger charge is 2.09. The second-order valence-corrected chi connectivity index (χ2v) is 4.63. The van der Waals surface area contributed by atoms with Crippen molar-refractivity contribution in [3.8, 4) is 11.5 Å². The van der Waals surface area contributed by atoms with Gasteiger partial charge in [-0.2, -0.15) is 0 Å². The molecule has 0 spiro atoms. The number of rotatable bonds is 7. The average Bonchev–Trinajstić information content (AvgIpc) is 2.93. The van der Waals surface area contributed by atoms with Crippen molar-refractivity contribution in [1.29, 1.82) is 0 Å². The monoisotopic (exact) mass is 275 g/mol. The minimum Gasteiger partial charge on any atom is -0.493 e. The first-order valence-electron chi connectivity index (χ1n) is 6.82. The average molecular weight is 275 g/mol. The molecular weight excluding hydrogens is 254 g/mol. The molecule has 1 aromatic carbocycles. The minimum atomic E-state index is 0.267. The van der Waals surface area contributed by atoms with Gasteiger partial charge in [0.2, 0.25) is 0 Å². The predicted molar refractivity (Wildman–Crippen MR) is 79.7 cm³/mol. The lowest BCUT2D eigenvalue weighted by Gasteiger charge is -2.16. The van der Waals surface area contributed by atoms with Crippen LogP contribution >= 0.6 is 0 Å². The Morgan fingerprint density at radius 1 is 1.25 bits per heavy atom. The maximum atomic E-state index is 5.51. The van der Waals surface area contributed by atoms with Crippen LogP contribution in [0.2, 0.25) is 0 Å². The summed E-state index contributed by atoms with van der Waals surface area (Å²) >= 11 is 0. The number of methoxy groups -OCH3 is 1. The Morgan fingerprint density at radius 3 is 2.75 bits per heavy atom. The molecule has 0 amide bonds. The Balaban J connectivity index is 2.01.